The molecule has 5 nitrogen and oxygen atoms in total. The second-order valence-corrected chi connectivity index (χ2v) is 8.60. The number of nitrogens with zero attached hydrogens (tertiary/aromatic N) is 2. The lowest BCUT2D eigenvalue weighted by Crippen LogP contribution is -2.22. The van der Waals surface area contributed by atoms with Crippen LogP contribution in [0.15, 0.2) is 53.5 Å². The Bertz CT molecular complexity index is 1270. The van der Waals surface area contributed by atoms with E-state index in [0.717, 1.165) is 5.56 Å². The molecule has 142 valence electrons. The van der Waals surface area contributed by atoms with Crippen molar-refractivity contribution in [2.45, 2.75) is 26.2 Å². The molecule has 0 aliphatic rings. The summed E-state index contributed by atoms with van der Waals surface area (Å²) in [5.41, 5.74) is 1.79. The number of benzene rings is 2. The van der Waals surface area contributed by atoms with Crippen molar-refractivity contribution in [1.29, 1.82) is 0 Å². The lowest BCUT2D eigenvalue weighted by molar-refractivity contribution is 0.102. The van der Waals surface area contributed by atoms with Gasteiger partial charge in [0.05, 0.1) is 16.4 Å². The maximum absolute atomic E-state index is 13.4. The van der Waals surface area contributed by atoms with Gasteiger partial charge in [0, 0.05) is 5.56 Å². The van der Waals surface area contributed by atoms with Crippen molar-refractivity contribution in [1.82, 2.24) is 9.38 Å². The van der Waals surface area contributed by atoms with E-state index in [0.29, 0.717) is 20.7 Å². The van der Waals surface area contributed by atoms with E-state index in [1.54, 1.807) is 12.1 Å². The molecule has 0 atom stereocenters. The van der Waals surface area contributed by atoms with Crippen molar-refractivity contribution >= 4 is 38.1 Å². The zero-order valence-corrected chi connectivity index (χ0v) is 16.4. The molecule has 0 spiro atoms. The fourth-order valence-electron chi connectivity index (χ4n) is 2.98. The van der Waals surface area contributed by atoms with Gasteiger partial charge in [-0.15, -0.1) is 0 Å². The molecule has 0 aliphatic heterocycles. The van der Waals surface area contributed by atoms with E-state index in [1.807, 2.05) is 12.1 Å². The highest BCUT2D eigenvalue weighted by Crippen LogP contribution is 2.25. The molecule has 2 heterocycles. The molecule has 28 heavy (non-hydrogen) atoms. The van der Waals surface area contributed by atoms with Gasteiger partial charge in [-0.3, -0.25) is 9.59 Å². The summed E-state index contributed by atoms with van der Waals surface area (Å²) < 4.78 is 15.5. The van der Waals surface area contributed by atoms with E-state index < -0.39 is 5.56 Å². The molecule has 0 unspecified atom stereocenters. The summed E-state index contributed by atoms with van der Waals surface area (Å²) in [6.45, 7) is 6.29. The van der Waals surface area contributed by atoms with Gasteiger partial charge in [-0.1, -0.05) is 44.2 Å². The second kappa shape index (κ2) is 6.53. The van der Waals surface area contributed by atoms with Crippen LogP contribution in [0, 0.1) is 5.82 Å². The van der Waals surface area contributed by atoms with Gasteiger partial charge in [-0.05, 0) is 41.3 Å². The average molecular weight is 395 g/mol. The number of aromatic nitrogens is 2. The SMILES string of the molecule is CC(C)(C)c1ccc(C(=O)Nc2cnc3sc4cc(F)ccc4n3c2=O)cc1. The van der Waals surface area contributed by atoms with Crippen LogP contribution in [0.1, 0.15) is 36.7 Å². The topological polar surface area (TPSA) is 63.5 Å². The van der Waals surface area contributed by atoms with Crippen LogP contribution in [0.3, 0.4) is 0 Å². The first-order valence-electron chi connectivity index (χ1n) is 8.76. The van der Waals surface area contributed by atoms with Crippen LogP contribution in [-0.4, -0.2) is 15.3 Å². The molecule has 1 N–H and O–H groups in total. The quantitative estimate of drug-likeness (QED) is 0.540. The summed E-state index contributed by atoms with van der Waals surface area (Å²) in [5, 5.41) is 2.64. The predicted molar refractivity (Wildman–Crippen MR) is 110 cm³/mol. The Morgan fingerprint density at radius 3 is 2.54 bits per heavy atom. The smallest absolute Gasteiger partial charge is 0.282 e. The molecule has 0 aliphatic carbocycles. The molecule has 4 rings (SSSR count). The number of rotatable bonds is 2. The van der Waals surface area contributed by atoms with Crippen LogP contribution in [0.5, 0.6) is 0 Å². The van der Waals surface area contributed by atoms with Crippen molar-refractivity contribution in [2.75, 3.05) is 5.32 Å². The van der Waals surface area contributed by atoms with Crippen molar-refractivity contribution in [3.8, 4) is 0 Å². The number of anilines is 1. The summed E-state index contributed by atoms with van der Waals surface area (Å²) >= 11 is 1.22. The monoisotopic (exact) mass is 395 g/mol. The van der Waals surface area contributed by atoms with Crippen molar-refractivity contribution in [3.63, 3.8) is 0 Å². The normalized spacial score (nSPS) is 11.9. The molecule has 4 aromatic rings. The van der Waals surface area contributed by atoms with Crippen LogP contribution in [0.2, 0.25) is 0 Å². The summed E-state index contributed by atoms with van der Waals surface area (Å²) in [5.74, 6) is -0.760. The number of hydrogen-bond donors (Lipinski definition) is 1. The molecule has 0 radical (unpaired) electrons. The van der Waals surface area contributed by atoms with Crippen molar-refractivity contribution in [3.05, 3.63) is 76.0 Å². The van der Waals surface area contributed by atoms with Gasteiger partial charge < -0.3 is 5.32 Å². The number of fused-ring (bicyclic) bond motifs is 3. The molecule has 0 saturated carbocycles. The van der Waals surface area contributed by atoms with Crippen LogP contribution < -0.4 is 10.9 Å². The number of nitrogens with one attached hydrogen (secondary N) is 1. The molecule has 2 aromatic carbocycles. The van der Waals surface area contributed by atoms with Crippen molar-refractivity contribution in [2.24, 2.45) is 0 Å². The Morgan fingerprint density at radius 2 is 1.86 bits per heavy atom. The minimum absolute atomic E-state index is 0.0116. The van der Waals surface area contributed by atoms with E-state index in [-0.39, 0.29) is 22.8 Å². The molecule has 1 amide bonds. The maximum atomic E-state index is 13.4. The highest BCUT2D eigenvalue weighted by atomic mass is 32.1. The van der Waals surface area contributed by atoms with Gasteiger partial charge in [0.15, 0.2) is 4.96 Å². The minimum atomic E-state index is -0.400. The number of carbonyl (C=O) groups is 1. The van der Waals surface area contributed by atoms with Gasteiger partial charge in [-0.25, -0.2) is 13.8 Å². The first-order valence-corrected chi connectivity index (χ1v) is 9.57. The predicted octanol–water partition coefficient (Wildman–Crippen LogP) is 4.60. The molecule has 0 saturated heterocycles. The highest BCUT2D eigenvalue weighted by Gasteiger charge is 2.16. The highest BCUT2D eigenvalue weighted by molar-refractivity contribution is 7.23. The third kappa shape index (κ3) is 3.18. The third-order valence-corrected chi connectivity index (χ3v) is 5.57. The van der Waals surface area contributed by atoms with E-state index in [2.05, 4.69) is 31.1 Å². The summed E-state index contributed by atoms with van der Waals surface area (Å²) in [6, 6.07) is 11.5. The Balaban J connectivity index is 1.70. The Hall–Kier alpha value is -3.06. The van der Waals surface area contributed by atoms with Gasteiger partial charge in [0.25, 0.3) is 11.5 Å². The first-order chi connectivity index (χ1) is 13.2. The van der Waals surface area contributed by atoms with Crippen molar-refractivity contribution < 1.29 is 9.18 Å². The summed E-state index contributed by atoms with van der Waals surface area (Å²) in [4.78, 5) is 30.1. The lowest BCUT2D eigenvalue weighted by Gasteiger charge is -2.19. The van der Waals surface area contributed by atoms with E-state index in [1.165, 1.54) is 40.1 Å². The molecule has 7 heteroatoms. The average Bonchev–Trinajstić information content (AvgIpc) is 3.01. The Labute approximate surface area is 164 Å². The molecule has 0 fully saturated rings. The summed E-state index contributed by atoms with van der Waals surface area (Å²) in [7, 11) is 0. The lowest BCUT2D eigenvalue weighted by atomic mass is 9.87. The second-order valence-electron chi connectivity index (χ2n) is 7.59. The standard InChI is InChI=1S/C21H18FN3O2S/c1-21(2,3)13-6-4-12(5-7-13)18(26)24-15-11-23-20-25(19(15)27)16-9-8-14(22)10-17(16)28-20/h4-11H,1-3H3,(H,24,26). The zero-order chi connectivity index (χ0) is 20.1. The van der Waals surface area contributed by atoms with Gasteiger partial charge in [0.1, 0.15) is 11.5 Å². The van der Waals surface area contributed by atoms with E-state index >= 15 is 0 Å². The molecular formula is C21H18FN3O2S. The van der Waals surface area contributed by atoms with Gasteiger partial charge in [-0.2, -0.15) is 0 Å². The van der Waals surface area contributed by atoms with Gasteiger partial charge >= 0.3 is 0 Å². The van der Waals surface area contributed by atoms with Crippen LogP contribution in [0.4, 0.5) is 10.1 Å². The van der Waals surface area contributed by atoms with Crippen LogP contribution in [-0.2, 0) is 5.41 Å². The van der Waals surface area contributed by atoms with Gasteiger partial charge in [0.2, 0.25) is 0 Å². The number of hydrogen-bond acceptors (Lipinski definition) is 4. The summed E-state index contributed by atoms with van der Waals surface area (Å²) in [6.07, 6.45) is 1.34. The third-order valence-electron chi connectivity index (χ3n) is 4.55. The molecular weight excluding hydrogens is 377 g/mol. The number of thiazole rings is 1. The van der Waals surface area contributed by atoms with Crippen LogP contribution >= 0.6 is 11.3 Å². The number of carbonyl (C=O) groups excluding carboxylic acids is 1. The first kappa shape index (κ1) is 18.3. The zero-order valence-electron chi connectivity index (χ0n) is 15.6. The van der Waals surface area contributed by atoms with E-state index in [9.17, 15) is 14.0 Å². The van der Waals surface area contributed by atoms with Crippen LogP contribution in [0.25, 0.3) is 15.2 Å². The fourth-order valence-corrected chi connectivity index (χ4v) is 3.99. The molecule has 2 aromatic heterocycles. The molecule has 0 bridgehead atoms. The number of amides is 1. The largest absolute Gasteiger partial charge is 0.316 e. The fraction of sp³-hybridized carbons (Fsp3) is 0.190. The van der Waals surface area contributed by atoms with E-state index in [4.69, 9.17) is 0 Å². The minimum Gasteiger partial charge on any atom is -0.316 e. The maximum Gasteiger partial charge on any atom is 0.282 e. The Morgan fingerprint density at radius 1 is 1.14 bits per heavy atom. The number of halogens is 1. The Kier molecular flexibility index (Phi) is 4.27.